The lowest BCUT2D eigenvalue weighted by Crippen LogP contribution is -2.28. The number of aryl methyl sites for hydroxylation is 3. The molecule has 0 bridgehead atoms. The summed E-state index contributed by atoms with van der Waals surface area (Å²) in [4.78, 5) is 23.9. The maximum absolute atomic E-state index is 12.3. The molecule has 2 N–H and O–H groups in total. The fraction of sp³-hybridized carbons (Fsp3) is 0.529. The minimum atomic E-state index is -0.335. The number of rotatable bonds is 6. The van der Waals surface area contributed by atoms with Crippen molar-refractivity contribution in [2.75, 3.05) is 26.4 Å². The van der Waals surface area contributed by atoms with Crippen LogP contribution in [0.2, 0.25) is 0 Å². The number of thiophene rings is 1. The molecule has 26 heavy (non-hydrogen) atoms. The number of aromatic nitrogens is 4. The van der Waals surface area contributed by atoms with Gasteiger partial charge in [0.1, 0.15) is 10.7 Å². The number of ether oxygens (including phenoxy) is 1. The molecule has 1 aliphatic rings. The fourth-order valence-electron chi connectivity index (χ4n) is 3.33. The van der Waals surface area contributed by atoms with Crippen molar-refractivity contribution in [1.82, 2.24) is 24.9 Å². The molecular weight excluding hydrogens is 354 g/mol. The van der Waals surface area contributed by atoms with Crippen molar-refractivity contribution in [3.63, 3.8) is 0 Å². The van der Waals surface area contributed by atoms with Gasteiger partial charge in [-0.2, -0.15) is 4.52 Å². The molecule has 0 atom stereocenters. The van der Waals surface area contributed by atoms with E-state index < -0.39 is 0 Å². The van der Waals surface area contributed by atoms with Gasteiger partial charge in [0.2, 0.25) is 5.82 Å². The first-order chi connectivity index (χ1) is 12.7. The molecule has 0 fully saturated rings. The van der Waals surface area contributed by atoms with E-state index in [0.29, 0.717) is 18.8 Å². The van der Waals surface area contributed by atoms with Gasteiger partial charge in [0.05, 0.1) is 25.2 Å². The maximum Gasteiger partial charge on any atom is 0.291 e. The highest BCUT2D eigenvalue weighted by atomic mass is 32.1. The molecule has 1 amide bonds. The maximum atomic E-state index is 12.3. The number of amides is 1. The van der Waals surface area contributed by atoms with Gasteiger partial charge < -0.3 is 15.2 Å². The fourth-order valence-corrected chi connectivity index (χ4v) is 4.63. The summed E-state index contributed by atoms with van der Waals surface area (Å²) in [6.45, 7) is 2.78. The Bertz CT molecular complexity index is 965. The topological polar surface area (TPSA) is 102 Å². The third-order valence-electron chi connectivity index (χ3n) is 4.52. The van der Waals surface area contributed by atoms with Gasteiger partial charge >= 0.3 is 0 Å². The zero-order valence-corrected chi connectivity index (χ0v) is 15.4. The Hall–Kier alpha value is -2.10. The minimum absolute atomic E-state index is 0.0326. The highest BCUT2D eigenvalue weighted by molar-refractivity contribution is 7.19. The number of hydrogen-bond donors (Lipinski definition) is 2. The summed E-state index contributed by atoms with van der Waals surface area (Å²) in [6, 6.07) is 0. The molecule has 3 aromatic heterocycles. The second-order valence-corrected chi connectivity index (χ2v) is 7.40. The molecule has 3 heterocycles. The minimum Gasteiger partial charge on any atom is -0.394 e. The lowest BCUT2D eigenvalue weighted by molar-refractivity contribution is 0.0832. The van der Waals surface area contributed by atoms with Crippen LogP contribution in [0.4, 0.5) is 0 Å². The van der Waals surface area contributed by atoms with Crippen LogP contribution < -0.4 is 5.32 Å². The smallest absolute Gasteiger partial charge is 0.291 e. The van der Waals surface area contributed by atoms with Gasteiger partial charge in [-0.15, -0.1) is 16.4 Å². The zero-order valence-electron chi connectivity index (χ0n) is 14.6. The van der Waals surface area contributed by atoms with E-state index >= 15 is 0 Å². The Morgan fingerprint density at radius 1 is 1.31 bits per heavy atom. The molecule has 138 valence electrons. The number of nitrogens with one attached hydrogen (secondary N) is 1. The van der Waals surface area contributed by atoms with Crippen molar-refractivity contribution in [2.45, 2.75) is 32.6 Å². The van der Waals surface area contributed by atoms with Gasteiger partial charge in [-0.3, -0.25) is 4.79 Å². The van der Waals surface area contributed by atoms with E-state index in [1.807, 2.05) is 6.92 Å². The number of fused-ring (bicyclic) bond motifs is 5. The average Bonchev–Trinajstić information content (AvgIpc) is 3.22. The van der Waals surface area contributed by atoms with Crippen LogP contribution >= 0.6 is 11.3 Å². The first-order valence-corrected chi connectivity index (χ1v) is 9.65. The predicted octanol–water partition coefficient (Wildman–Crippen LogP) is 1.26. The summed E-state index contributed by atoms with van der Waals surface area (Å²) in [5.41, 5.74) is 2.04. The van der Waals surface area contributed by atoms with Crippen LogP contribution in [0.1, 0.15) is 39.7 Å². The van der Waals surface area contributed by atoms with Crippen molar-refractivity contribution in [3.05, 3.63) is 22.1 Å². The van der Waals surface area contributed by atoms with Gasteiger partial charge in [-0.05, 0) is 38.2 Å². The van der Waals surface area contributed by atoms with Crippen molar-refractivity contribution in [2.24, 2.45) is 0 Å². The molecule has 0 radical (unpaired) electrons. The van der Waals surface area contributed by atoms with Crippen LogP contribution in [0.15, 0.2) is 0 Å². The van der Waals surface area contributed by atoms with Crippen LogP contribution in [0, 0.1) is 6.92 Å². The molecule has 8 nitrogen and oxygen atoms in total. The van der Waals surface area contributed by atoms with E-state index in [-0.39, 0.29) is 24.9 Å². The standard InChI is InChI=1S/C17H21N5O3S/c1-10-19-17-13(11-4-2-3-5-12(11)26-17)15-20-14(21-22(10)15)16(24)18-6-8-25-9-7-23/h23H,2-9H2,1H3,(H,18,24). The third kappa shape index (κ3) is 3.06. The normalized spacial score (nSPS) is 14.1. The molecule has 9 heteroatoms. The number of hydrogen-bond acceptors (Lipinski definition) is 7. The Balaban J connectivity index is 1.66. The van der Waals surface area contributed by atoms with E-state index in [0.717, 1.165) is 28.9 Å². The number of carbonyl (C=O) groups is 1. The van der Waals surface area contributed by atoms with Gasteiger partial charge in [0.15, 0.2) is 5.65 Å². The monoisotopic (exact) mass is 375 g/mol. The second-order valence-electron chi connectivity index (χ2n) is 6.31. The molecule has 0 unspecified atom stereocenters. The largest absolute Gasteiger partial charge is 0.394 e. The average molecular weight is 375 g/mol. The number of carbonyl (C=O) groups excluding carboxylic acids is 1. The molecule has 4 rings (SSSR count). The predicted molar refractivity (Wildman–Crippen MR) is 97.8 cm³/mol. The van der Waals surface area contributed by atoms with Gasteiger partial charge in [-0.25, -0.2) is 9.97 Å². The quantitative estimate of drug-likeness (QED) is 0.629. The summed E-state index contributed by atoms with van der Waals surface area (Å²) >= 11 is 1.74. The lowest BCUT2D eigenvalue weighted by atomic mass is 9.97. The van der Waals surface area contributed by atoms with Gasteiger partial charge in [-0.1, -0.05) is 0 Å². The SMILES string of the molecule is Cc1nc2sc3c(c2c2nc(C(=O)NCCOCCO)nn12)CCCC3. The van der Waals surface area contributed by atoms with E-state index in [1.165, 1.54) is 23.3 Å². The Labute approximate surface area is 154 Å². The molecule has 3 aromatic rings. The van der Waals surface area contributed by atoms with Gasteiger partial charge in [0, 0.05) is 11.4 Å². The van der Waals surface area contributed by atoms with Crippen LogP contribution in [-0.2, 0) is 17.6 Å². The van der Waals surface area contributed by atoms with Crippen molar-refractivity contribution >= 4 is 33.1 Å². The number of aliphatic hydroxyl groups excluding tert-OH is 1. The molecule has 0 aromatic carbocycles. The zero-order chi connectivity index (χ0) is 18.1. The summed E-state index contributed by atoms with van der Waals surface area (Å²) < 4.78 is 6.80. The number of nitrogens with zero attached hydrogens (tertiary/aromatic N) is 4. The van der Waals surface area contributed by atoms with E-state index in [1.54, 1.807) is 15.9 Å². The Kier molecular flexibility index (Phi) is 4.84. The first kappa shape index (κ1) is 17.3. The highest BCUT2D eigenvalue weighted by Gasteiger charge is 2.23. The molecular formula is C17H21N5O3S. The van der Waals surface area contributed by atoms with Crippen LogP contribution in [0.5, 0.6) is 0 Å². The third-order valence-corrected chi connectivity index (χ3v) is 5.71. The van der Waals surface area contributed by atoms with Gasteiger partial charge in [0.25, 0.3) is 5.91 Å². The number of aliphatic hydroxyl groups is 1. The van der Waals surface area contributed by atoms with Crippen molar-refractivity contribution in [1.29, 1.82) is 0 Å². The molecule has 0 saturated heterocycles. The van der Waals surface area contributed by atoms with E-state index in [4.69, 9.17) is 9.84 Å². The van der Waals surface area contributed by atoms with E-state index in [2.05, 4.69) is 20.4 Å². The van der Waals surface area contributed by atoms with Crippen LogP contribution in [0.25, 0.3) is 15.9 Å². The second kappa shape index (κ2) is 7.26. The highest BCUT2D eigenvalue weighted by Crippen LogP contribution is 2.37. The summed E-state index contributed by atoms with van der Waals surface area (Å²) in [5, 5.41) is 16.8. The lowest BCUT2D eigenvalue weighted by Gasteiger charge is -2.10. The van der Waals surface area contributed by atoms with Crippen molar-refractivity contribution < 1.29 is 14.6 Å². The molecule has 1 aliphatic carbocycles. The van der Waals surface area contributed by atoms with Crippen LogP contribution in [-0.4, -0.2) is 57.0 Å². The van der Waals surface area contributed by atoms with Crippen LogP contribution in [0.3, 0.4) is 0 Å². The molecule has 0 saturated carbocycles. The summed E-state index contributed by atoms with van der Waals surface area (Å²) in [5.74, 6) is 0.530. The van der Waals surface area contributed by atoms with E-state index in [9.17, 15) is 4.79 Å². The Morgan fingerprint density at radius 2 is 2.15 bits per heavy atom. The Morgan fingerprint density at radius 3 is 3.00 bits per heavy atom. The first-order valence-electron chi connectivity index (χ1n) is 8.83. The summed E-state index contributed by atoms with van der Waals surface area (Å²) in [6.07, 6.45) is 4.52. The molecule has 0 aliphatic heterocycles. The molecule has 0 spiro atoms. The van der Waals surface area contributed by atoms with Crippen molar-refractivity contribution in [3.8, 4) is 0 Å². The summed E-state index contributed by atoms with van der Waals surface area (Å²) in [7, 11) is 0.